The van der Waals surface area contributed by atoms with Crippen molar-refractivity contribution in [2.45, 2.75) is 6.54 Å². The first-order valence-corrected chi connectivity index (χ1v) is 7.56. The second-order valence-electron chi connectivity index (χ2n) is 5.39. The van der Waals surface area contributed by atoms with Crippen LogP contribution in [0.2, 0.25) is 0 Å². The van der Waals surface area contributed by atoms with Crippen molar-refractivity contribution in [2.75, 3.05) is 31.5 Å². The number of anilines is 1. The van der Waals surface area contributed by atoms with Crippen LogP contribution in [-0.2, 0) is 6.54 Å². The summed E-state index contributed by atoms with van der Waals surface area (Å²) in [4.78, 5) is 18.5. The summed E-state index contributed by atoms with van der Waals surface area (Å²) < 4.78 is 0. The van der Waals surface area contributed by atoms with Crippen molar-refractivity contribution in [3.63, 3.8) is 0 Å². The van der Waals surface area contributed by atoms with E-state index in [9.17, 15) is 4.79 Å². The molecular weight excluding hydrogens is 276 g/mol. The number of nitrogens with one attached hydrogen (secondary N) is 2. The predicted molar refractivity (Wildman–Crippen MR) is 86.8 cm³/mol. The number of piperazine rings is 1. The van der Waals surface area contributed by atoms with Gasteiger partial charge in [0.2, 0.25) is 0 Å². The van der Waals surface area contributed by atoms with E-state index >= 15 is 0 Å². The molecule has 1 aliphatic heterocycles. The van der Waals surface area contributed by atoms with Gasteiger partial charge in [-0.1, -0.05) is 18.2 Å². The molecule has 114 valence electrons. The SMILES string of the molecule is O=C(Nc1ccc(CN2CCNCC2)cc1)c1ccccn1. The van der Waals surface area contributed by atoms with Crippen molar-refractivity contribution in [3.8, 4) is 0 Å². The van der Waals surface area contributed by atoms with Gasteiger partial charge in [-0.3, -0.25) is 14.7 Å². The van der Waals surface area contributed by atoms with Gasteiger partial charge in [-0.2, -0.15) is 0 Å². The summed E-state index contributed by atoms with van der Waals surface area (Å²) in [7, 11) is 0. The zero-order valence-corrected chi connectivity index (χ0v) is 12.5. The highest BCUT2D eigenvalue weighted by molar-refractivity contribution is 6.02. The fourth-order valence-electron chi connectivity index (χ4n) is 2.51. The van der Waals surface area contributed by atoms with Gasteiger partial charge in [0.05, 0.1) is 0 Å². The summed E-state index contributed by atoms with van der Waals surface area (Å²) in [5, 5.41) is 6.22. The maximum Gasteiger partial charge on any atom is 0.274 e. The molecule has 1 fully saturated rings. The Morgan fingerprint density at radius 3 is 2.59 bits per heavy atom. The minimum atomic E-state index is -0.185. The number of rotatable bonds is 4. The highest BCUT2D eigenvalue weighted by atomic mass is 16.1. The van der Waals surface area contributed by atoms with Crippen molar-refractivity contribution in [1.29, 1.82) is 0 Å². The average Bonchev–Trinajstić information content (AvgIpc) is 2.58. The number of hydrogen-bond donors (Lipinski definition) is 2. The summed E-state index contributed by atoms with van der Waals surface area (Å²) in [5.74, 6) is -0.185. The van der Waals surface area contributed by atoms with Crippen molar-refractivity contribution >= 4 is 11.6 Å². The lowest BCUT2D eigenvalue weighted by Gasteiger charge is -2.27. The number of hydrogen-bond acceptors (Lipinski definition) is 4. The smallest absolute Gasteiger partial charge is 0.274 e. The molecule has 1 aliphatic rings. The number of aromatic nitrogens is 1. The van der Waals surface area contributed by atoms with Gasteiger partial charge in [0.15, 0.2) is 0 Å². The van der Waals surface area contributed by atoms with E-state index in [-0.39, 0.29) is 5.91 Å². The van der Waals surface area contributed by atoms with Gasteiger partial charge in [0, 0.05) is 44.6 Å². The van der Waals surface area contributed by atoms with E-state index in [1.807, 2.05) is 12.1 Å². The highest BCUT2D eigenvalue weighted by Crippen LogP contribution is 2.13. The van der Waals surface area contributed by atoms with E-state index in [1.54, 1.807) is 24.4 Å². The molecule has 0 atom stereocenters. The van der Waals surface area contributed by atoms with Gasteiger partial charge in [-0.15, -0.1) is 0 Å². The number of carbonyl (C=O) groups is 1. The number of carbonyl (C=O) groups excluding carboxylic acids is 1. The quantitative estimate of drug-likeness (QED) is 0.902. The van der Waals surface area contributed by atoms with Crippen LogP contribution in [0.15, 0.2) is 48.7 Å². The maximum absolute atomic E-state index is 12.0. The molecule has 2 heterocycles. The molecule has 0 bridgehead atoms. The van der Waals surface area contributed by atoms with Crippen molar-refractivity contribution in [2.24, 2.45) is 0 Å². The first-order valence-electron chi connectivity index (χ1n) is 7.56. The molecule has 1 aromatic carbocycles. The summed E-state index contributed by atoms with van der Waals surface area (Å²) in [6, 6.07) is 13.3. The Morgan fingerprint density at radius 2 is 1.91 bits per heavy atom. The first kappa shape index (κ1) is 14.7. The van der Waals surface area contributed by atoms with Gasteiger partial charge < -0.3 is 10.6 Å². The first-order chi connectivity index (χ1) is 10.8. The second-order valence-corrected chi connectivity index (χ2v) is 5.39. The third kappa shape index (κ3) is 3.90. The van der Waals surface area contributed by atoms with Crippen LogP contribution >= 0.6 is 0 Å². The van der Waals surface area contributed by atoms with E-state index in [0.717, 1.165) is 38.4 Å². The third-order valence-electron chi connectivity index (χ3n) is 3.73. The van der Waals surface area contributed by atoms with E-state index in [1.165, 1.54) is 5.56 Å². The summed E-state index contributed by atoms with van der Waals surface area (Å²) in [5.41, 5.74) is 2.48. The summed E-state index contributed by atoms with van der Waals surface area (Å²) in [6.45, 7) is 5.23. The van der Waals surface area contributed by atoms with E-state index in [0.29, 0.717) is 5.69 Å². The molecular formula is C17H20N4O. The van der Waals surface area contributed by atoms with Gasteiger partial charge >= 0.3 is 0 Å². The summed E-state index contributed by atoms with van der Waals surface area (Å²) >= 11 is 0. The fourth-order valence-corrected chi connectivity index (χ4v) is 2.51. The van der Waals surface area contributed by atoms with E-state index < -0.39 is 0 Å². The molecule has 1 amide bonds. The number of amides is 1. The van der Waals surface area contributed by atoms with Gasteiger partial charge in [-0.25, -0.2) is 0 Å². The monoisotopic (exact) mass is 296 g/mol. The Morgan fingerprint density at radius 1 is 1.14 bits per heavy atom. The van der Waals surface area contributed by atoms with Gasteiger partial charge in [0.25, 0.3) is 5.91 Å². The molecule has 0 saturated carbocycles. The number of pyridine rings is 1. The van der Waals surface area contributed by atoms with Crippen molar-refractivity contribution < 1.29 is 4.79 Å². The molecule has 0 spiro atoms. The van der Waals surface area contributed by atoms with E-state index in [4.69, 9.17) is 0 Å². The number of benzene rings is 1. The Hall–Kier alpha value is -2.24. The minimum Gasteiger partial charge on any atom is -0.321 e. The molecule has 2 N–H and O–H groups in total. The van der Waals surface area contributed by atoms with Crippen LogP contribution < -0.4 is 10.6 Å². The van der Waals surface area contributed by atoms with Crippen LogP contribution in [0, 0.1) is 0 Å². The Kier molecular flexibility index (Phi) is 4.78. The van der Waals surface area contributed by atoms with Crippen LogP contribution in [0.3, 0.4) is 0 Å². The zero-order chi connectivity index (χ0) is 15.2. The highest BCUT2D eigenvalue weighted by Gasteiger charge is 2.10. The van der Waals surface area contributed by atoms with Crippen molar-refractivity contribution in [1.82, 2.24) is 15.2 Å². The van der Waals surface area contributed by atoms with Crippen LogP contribution in [0.25, 0.3) is 0 Å². The lowest BCUT2D eigenvalue weighted by Crippen LogP contribution is -2.42. The van der Waals surface area contributed by atoms with Crippen LogP contribution in [0.5, 0.6) is 0 Å². The Balaban J connectivity index is 1.58. The molecule has 22 heavy (non-hydrogen) atoms. The van der Waals surface area contributed by atoms with Crippen LogP contribution in [0.1, 0.15) is 16.1 Å². The predicted octanol–water partition coefficient (Wildman–Crippen LogP) is 1.74. The lowest BCUT2D eigenvalue weighted by atomic mass is 10.2. The fraction of sp³-hybridized carbons (Fsp3) is 0.294. The molecule has 1 aromatic heterocycles. The molecule has 5 nitrogen and oxygen atoms in total. The zero-order valence-electron chi connectivity index (χ0n) is 12.5. The molecule has 2 aromatic rings. The van der Waals surface area contributed by atoms with Gasteiger partial charge in [0.1, 0.15) is 5.69 Å². The topological polar surface area (TPSA) is 57.3 Å². The molecule has 0 radical (unpaired) electrons. The van der Waals surface area contributed by atoms with Crippen molar-refractivity contribution in [3.05, 3.63) is 59.9 Å². The standard InChI is InChI=1S/C17H20N4O/c22-17(16-3-1-2-8-19-16)20-15-6-4-14(5-7-15)13-21-11-9-18-10-12-21/h1-8,18H,9-13H2,(H,20,22). The molecule has 5 heteroatoms. The largest absolute Gasteiger partial charge is 0.321 e. The van der Waals surface area contributed by atoms with Gasteiger partial charge in [-0.05, 0) is 29.8 Å². The molecule has 1 saturated heterocycles. The normalized spacial score (nSPS) is 15.5. The maximum atomic E-state index is 12.0. The second kappa shape index (κ2) is 7.15. The third-order valence-corrected chi connectivity index (χ3v) is 3.73. The van der Waals surface area contributed by atoms with Crippen LogP contribution in [0.4, 0.5) is 5.69 Å². The average molecular weight is 296 g/mol. The number of nitrogens with zero attached hydrogens (tertiary/aromatic N) is 2. The molecule has 0 unspecified atom stereocenters. The Labute approximate surface area is 130 Å². The summed E-state index contributed by atoms with van der Waals surface area (Å²) in [6.07, 6.45) is 1.62. The lowest BCUT2D eigenvalue weighted by molar-refractivity contribution is 0.102. The van der Waals surface area contributed by atoms with E-state index in [2.05, 4.69) is 32.7 Å². The minimum absolute atomic E-state index is 0.185. The Bertz CT molecular complexity index is 606. The molecule has 0 aliphatic carbocycles. The van der Waals surface area contributed by atoms with Crippen LogP contribution in [-0.4, -0.2) is 42.0 Å². The molecule has 3 rings (SSSR count).